The number of ketones is 1. The SMILES string of the molecule is COCCCn1cc(C(=O)c2cc(F)ccc2OCc2ccc(-n3cccn3)cc2)cc(C#N)c1=O. The van der Waals surface area contributed by atoms with E-state index in [-0.39, 0.29) is 35.6 Å². The van der Waals surface area contributed by atoms with Crippen LogP contribution in [0.3, 0.4) is 0 Å². The van der Waals surface area contributed by atoms with Gasteiger partial charge < -0.3 is 14.0 Å². The van der Waals surface area contributed by atoms with Crippen LogP contribution >= 0.6 is 0 Å². The Hall–Kier alpha value is -4.55. The minimum absolute atomic E-state index is 0.00542. The summed E-state index contributed by atoms with van der Waals surface area (Å²) in [5.74, 6) is -0.980. The minimum Gasteiger partial charge on any atom is -0.488 e. The van der Waals surface area contributed by atoms with Crippen LogP contribution in [-0.4, -0.2) is 33.8 Å². The number of methoxy groups -OCH3 is 1. The van der Waals surface area contributed by atoms with Gasteiger partial charge in [0.05, 0.1) is 11.3 Å². The van der Waals surface area contributed by atoms with E-state index >= 15 is 0 Å². The Kier molecular flexibility index (Phi) is 7.68. The number of benzene rings is 2. The molecule has 2 aromatic heterocycles. The Balaban J connectivity index is 1.58. The first kappa shape index (κ1) is 24.6. The second kappa shape index (κ2) is 11.3. The first-order valence-corrected chi connectivity index (χ1v) is 11.2. The van der Waals surface area contributed by atoms with Gasteiger partial charge in [-0.2, -0.15) is 10.4 Å². The smallest absolute Gasteiger partial charge is 0.268 e. The van der Waals surface area contributed by atoms with Gasteiger partial charge in [0.2, 0.25) is 0 Å². The van der Waals surface area contributed by atoms with E-state index < -0.39 is 17.2 Å². The van der Waals surface area contributed by atoms with E-state index in [0.29, 0.717) is 13.0 Å². The second-order valence-corrected chi connectivity index (χ2v) is 7.97. The Morgan fingerprint density at radius 1 is 1.17 bits per heavy atom. The lowest BCUT2D eigenvalue weighted by Gasteiger charge is -2.13. The Labute approximate surface area is 206 Å². The zero-order valence-corrected chi connectivity index (χ0v) is 19.6. The van der Waals surface area contributed by atoms with Gasteiger partial charge in [0.15, 0.2) is 5.78 Å². The number of aromatic nitrogens is 3. The normalized spacial score (nSPS) is 10.7. The van der Waals surface area contributed by atoms with Crippen molar-refractivity contribution in [3.05, 3.63) is 112 Å². The Morgan fingerprint density at radius 3 is 2.67 bits per heavy atom. The highest BCUT2D eigenvalue weighted by Gasteiger charge is 2.19. The largest absolute Gasteiger partial charge is 0.488 e. The number of rotatable bonds is 10. The molecule has 0 bridgehead atoms. The number of carbonyl (C=O) groups is 1. The molecule has 2 heterocycles. The summed E-state index contributed by atoms with van der Waals surface area (Å²) in [4.78, 5) is 25.8. The maximum Gasteiger partial charge on any atom is 0.268 e. The van der Waals surface area contributed by atoms with Crippen molar-refractivity contribution in [2.75, 3.05) is 13.7 Å². The number of aryl methyl sites for hydroxylation is 1. The third-order valence-corrected chi connectivity index (χ3v) is 5.50. The highest BCUT2D eigenvalue weighted by Crippen LogP contribution is 2.24. The van der Waals surface area contributed by atoms with Crippen LogP contribution in [0.4, 0.5) is 4.39 Å². The first-order valence-electron chi connectivity index (χ1n) is 11.2. The summed E-state index contributed by atoms with van der Waals surface area (Å²) in [5, 5.41) is 13.6. The average molecular weight is 487 g/mol. The van der Waals surface area contributed by atoms with Crippen molar-refractivity contribution in [1.82, 2.24) is 14.3 Å². The van der Waals surface area contributed by atoms with Gasteiger partial charge in [0.1, 0.15) is 29.8 Å². The van der Waals surface area contributed by atoms with Crippen LogP contribution in [0.1, 0.15) is 33.5 Å². The van der Waals surface area contributed by atoms with Crippen molar-refractivity contribution in [2.45, 2.75) is 19.6 Å². The molecule has 4 aromatic rings. The highest BCUT2D eigenvalue weighted by atomic mass is 19.1. The van der Waals surface area contributed by atoms with Crippen LogP contribution in [0, 0.1) is 17.1 Å². The quantitative estimate of drug-likeness (QED) is 0.249. The monoisotopic (exact) mass is 486 g/mol. The number of nitriles is 1. The van der Waals surface area contributed by atoms with Gasteiger partial charge in [-0.25, -0.2) is 9.07 Å². The van der Waals surface area contributed by atoms with E-state index in [4.69, 9.17) is 9.47 Å². The van der Waals surface area contributed by atoms with Crippen molar-refractivity contribution in [1.29, 1.82) is 5.26 Å². The van der Waals surface area contributed by atoms with E-state index in [1.807, 2.05) is 42.6 Å². The summed E-state index contributed by atoms with van der Waals surface area (Å²) in [6, 6.07) is 16.1. The molecule has 0 fully saturated rings. The first-order chi connectivity index (χ1) is 17.5. The predicted octanol–water partition coefficient (Wildman–Crippen LogP) is 3.89. The van der Waals surface area contributed by atoms with Gasteiger partial charge in [0.25, 0.3) is 5.56 Å². The summed E-state index contributed by atoms with van der Waals surface area (Å²) < 4.78 is 28.0. The molecule has 8 nitrogen and oxygen atoms in total. The summed E-state index contributed by atoms with van der Waals surface area (Å²) in [7, 11) is 1.54. The molecule has 182 valence electrons. The molecule has 4 rings (SSSR count). The molecule has 0 N–H and O–H groups in total. The molecule has 0 aliphatic heterocycles. The lowest BCUT2D eigenvalue weighted by atomic mass is 10.0. The minimum atomic E-state index is -0.608. The van der Waals surface area contributed by atoms with E-state index in [0.717, 1.165) is 17.3 Å². The third-order valence-electron chi connectivity index (χ3n) is 5.50. The molecule has 0 amide bonds. The van der Waals surface area contributed by atoms with Gasteiger partial charge in [-0.15, -0.1) is 0 Å². The van der Waals surface area contributed by atoms with Crippen LogP contribution in [0.5, 0.6) is 5.75 Å². The Morgan fingerprint density at radius 2 is 1.97 bits per heavy atom. The summed E-state index contributed by atoms with van der Waals surface area (Å²) in [6.45, 7) is 0.825. The van der Waals surface area contributed by atoms with E-state index in [9.17, 15) is 19.2 Å². The van der Waals surface area contributed by atoms with Crippen LogP contribution in [0.2, 0.25) is 0 Å². The van der Waals surface area contributed by atoms with Crippen molar-refractivity contribution in [2.24, 2.45) is 0 Å². The van der Waals surface area contributed by atoms with Crippen LogP contribution in [0.25, 0.3) is 5.69 Å². The van der Waals surface area contributed by atoms with Crippen molar-refractivity contribution in [3.63, 3.8) is 0 Å². The number of halogens is 1. The molecule has 0 aliphatic carbocycles. The van der Waals surface area contributed by atoms with Crippen molar-refractivity contribution < 1.29 is 18.7 Å². The molecule has 0 saturated carbocycles. The summed E-state index contributed by atoms with van der Waals surface area (Å²) >= 11 is 0. The topological polar surface area (TPSA) is 99.1 Å². The molecule has 0 unspecified atom stereocenters. The average Bonchev–Trinajstić information content (AvgIpc) is 3.44. The molecule has 36 heavy (non-hydrogen) atoms. The van der Waals surface area contributed by atoms with Gasteiger partial charge in [-0.3, -0.25) is 9.59 Å². The van der Waals surface area contributed by atoms with Crippen LogP contribution in [0.15, 0.2) is 78.0 Å². The van der Waals surface area contributed by atoms with E-state index in [1.165, 1.54) is 29.0 Å². The van der Waals surface area contributed by atoms with Gasteiger partial charge in [-0.1, -0.05) is 12.1 Å². The molecule has 2 aromatic carbocycles. The van der Waals surface area contributed by atoms with Crippen LogP contribution < -0.4 is 10.3 Å². The van der Waals surface area contributed by atoms with Crippen molar-refractivity contribution in [3.8, 4) is 17.5 Å². The maximum absolute atomic E-state index is 14.1. The number of carbonyl (C=O) groups excluding carboxylic acids is 1. The molecule has 0 spiro atoms. The molecular formula is C27H23FN4O4. The van der Waals surface area contributed by atoms with Crippen molar-refractivity contribution >= 4 is 5.78 Å². The lowest BCUT2D eigenvalue weighted by molar-refractivity contribution is 0.103. The summed E-state index contributed by atoms with van der Waals surface area (Å²) in [6.07, 6.45) is 5.42. The number of ether oxygens (including phenoxy) is 2. The number of hydrogen-bond donors (Lipinski definition) is 0. The molecular weight excluding hydrogens is 463 g/mol. The number of hydrogen-bond acceptors (Lipinski definition) is 6. The molecule has 0 aliphatic rings. The summed E-state index contributed by atoms with van der Waals surface area (Å²) in [5.41, 5.74) is 1.13. The molecule has 9 heteroatoms. The van der Waals surface area contributed by atoms with Gasteiger partial charge in [0, 0.05) is 44.4 Å². The third kappa shape index (κ3) is 5.56. The standard InChI is InChI=1S/C27H23FN4O4/c1-35-13-3-11-31-17-21(14-20(16-29)27(31)34)26(33)24-15-22(28)6-9-25(24)36-18-19-4-7-23(8-5-19)32-12-2-10-30-32/h2,4-10,12,14-15,17H,3,11,13,18H2,1H3. The fourth-order valence-corrected chi connectivity index (χ4v) is 3.67. The van der Waals surface area contributed by atoms with Gasteiger partial charge in [-0.05, 0) is 54.4 Å². The maximum atomic E-state index is 14.1. The number of nitrogens with zero attached hydrogens (tertiary/aromatic N) is 4. The zero-order chi connectivity index (χ0) is 25.5. The van der Waals surface area contributed by atoms with E-state index in [2.05, 4.69) is 5.10 Å². The highest BCUT2D eigenvalue weighted by molar-refractivity contribution is 6.10. The van der Waals surface area contributed by atoms with E-state index in [1.54, 1.807) is 18.0 Å². The fourth-order valence-electron chi connectivity index (χ4n) is 3.67. The molecule has 0 saturated heterocycles. The lowest BCUT2D eigenvalue weighted by Crippen LogP contribution is -2.24. The second-order valence-electron chi connectivity index (χ2n) is 7.97. The fraction of sp³-hybridized carbons (Fsp3) is 0.185. The predicted molar refractivity (Wildman–Crippen MR) is 130 cm³/mol. The number of pyridine rings is 1. The van der Waals surface area contributed by atoms with Gasteiger partial charge >= 0.3 is 0 Å². The zero-order valence-electron chi connectivity index (χ0n) is 19.6. The molecule has 0 radical (unpaired) electrons. The molecule has 0 atom stereocenters. The van der Waals surface area contributed by atoms with Crippen LogP contribution in [-0.2, 0) is 17.9 Å². The Bertz CT molecular complexity index is 1450.